The van der Waals surface area contributed by atoms with Crippen LogP contribution in [0.25, 0.3) is 44.3 Å². The molecule has 1 radical (unpaired) electrons. The zero-order chi connectivity index (χ0) is 28.3. The number of aromatic nitrogens is 4. The third kappa shape index (κ3) is 8.26. The predicted molar refractivity (Wildman–Crippen MR) is 140 cm³/mol. The first-order valence-electron chi connectivity index (χ1n) is 11.9. The van der Waals surface area contributed by atoms with Crippen LogP contribution in [0.5, 0.6) is 0 Å². The third-order valence-electron chi connectivity index (χ3n) is 6.06. The summed E-state index contributed by atoms with van der Waals surface area (Å²) in [7, 11) is 0. The van der Waals surface area contributed by atoms with Crippen LogP contribution in [0.3, 0.4) is 0 Å². The Morgan fingerprint density at radius 2 is 0.744 bits per heavy atom. The molecule has 6 aromatic rings. The largest absolute Gasteiger partial charge is 1.00 e. The average Bonchev–Trinajstić information content (AvgIpc) is 2.96. The van der Waals surface area contributed by atoms with E-state index in [2.05, 4.69) is 19.9 Å². The Morgan fingerprint density at radius 3 is 1.07 bits per heavy atom. The second kappa shape index (κ2) is 14.7. The van der Waals surface area contributed by atoms with Gasteiger partial charge in [0.05, 0.1) is 33.5 Å². The summed E-state index contributed by atoms with van der Waals surface area (Å²) in [6.07, 6.45) is -5.83. The fraction of sp³-hybridized carbons (Fsp3) is 0.0667. The van der Waals surface area contributed by atoms with Gasteiger partial charge < -0.3 is 24.8 Å². The number of para-hydroxylation sites is 2. The maximum Gasteiger partial charge on any atom is 0.416 e. The number of fused-ring (bicyclic) bond motifs is 2. The Labute approximate surface area is 267 Å². The summed E-state index contributed by atoms with van der Waals surface area (Å²) in [6.45, 7) is 0. The molecule has 0 bridgehead atoms. The van der Waals surface area contributed by atoms with E-state index in [0.29, 0.717) is 22.5 Å². The van der Waals surface area contributed by atoms with Crippen LogP contribution in [0.4, 0.5) is 26.3 Å². The third-order valence-corrected chi connectivity index (χ3v) is 6.06. The van der Waals surface area contributed by atoms with Gasteiger partial charge in [0, 0.05) is 42.0 Å². The van der Waals surface area contributed by atoms with Gasteiger partial charge in [-0.3, -0.25) is 0 Å². The molecular weight excluding hydrogens is 793 g/mol. The van der Waals surface area contributed by atoms with Crippen molar-refractivity contribution in [2.75, 3.05) is 0 Å². The molecule has 0 atom stereocenters. The Morgan fingerprint density at radius 1 is 0.419 bits per heavy atom. The SMILES string of the molecule is FC(F)(F)c1ccc(-c2ncnc3ccccc23)cc1.FC(F)(F)c1ccc(-c2ncnc3ccccc23)cc1.[Cl-].[Cl-].[Ir]. The molecule has 0 spiro atoms. The van der Waals surface area contributed by atoms with Crippen LogP contribution >= 0.6 is 0 Å². The van der Waals surface area contributed by atoms with E-state index in [1.165, 1.54) is 36.9 Å². The van der Waals surface area contributed by atoms with E-state index in [-0.39, 0.29) is 44.9 Å². The van der Waals surface area contributed by atoms with Crippen molar-refractivity contribution in [2.24, 2.45) is 0 Å². The van der Waals surface area contributed by atoms with Crippen molar-refractivity contribution in [1.29, 1.82) is 0 Å². The fourth-order valence-electron chi connectivity index (χ4n) is 4.10. The molecule has 2 heterocycles. The van der Waals surface area contributed by atoms with Crippen molar-refractivity contribution >= 4 is 21.8 Å². The van der Waals surface area contributed by atoms with Gasteiger partial charge in [0.15, 0.2) is 0 Å². The molecule has 225 valence electrons. The Hall–Kier alpha value is -3.63. The van der Waals surface area contributed by atoms with E-state index in [4.69, 9.17) is 0 Å². The van der Waals surface area contributed by atoms with E-state index < -0.39 is 23.5 Å². The summed E-state index contributed by atoms with van der Waals surface area (Å²) in [5.74, 6) is 0. The molecule has 0 amide bonds. The summed E-state index contributed by atoms with van der Waals surface area (Å²) in [6, 6.07) is 24.7. The number of halogens is 8. The molecule has 2 aromatic heterocycles. The molecule has 0 unspecified atom stereocenters. The molecule has 0 N–H and O–H groups in total. The van der Waals surface area contributed by atoms with E-state index >= 15 is 0 Å². The molecule has 0 fully saturated rings. The number of rotatable bonds is 2. The minimum atomic E-state index is -4.33. The first kappa shape index (κ1) is 35.6. The Bertz CT molecular complexity index is 1640. The molecule has 43 heavy (non-hydrogen) atoms. The van der Waals surface area contributed by atoms with E-state index in [0.717, 1.165) is 46.1 Å². The number of hydrogen-bond acceptors (Lipinski definition) is 4. The molecule has 0 saturated carbocycles. The van der Waals surface area contributed by atoms with Gasteiger partial charge >= 0.3 is 12.4 Å². The van der Waals surface area contributed by atoms with E-state index in [9.17, 15) is 26.3 Å². The molecule has 4 aromatic carbocycles. The zero-order valence-electron chi connectivity index (χ0n) is 21.5. The normalized spacial score (nSPS) is 10.9. The van der Waals surface area contributed by atoms with E-state index in [1.54, 1.807) is 0 Å². The number of benzene rings is 4. The van der Waals surface area contributed by atoms with Gasteiger partial charge in [-0.05, 0) is 36.4 Å². The molecule has 0 aliphatic heterocycles. The fourth-order valence-corrected chi connectivity index (χ4v) is 4.10. The minimum Gasteiger partial charge on any atom is -1.00 e. The summed E-state index contributed by atoms with van der Waals surface area (Å²) >= 11 is 0. The number of nitrogens with zero attached hydrogens (tertiary/aromatic N) is 4. The van der Waals surface area contributed by atoms with Crippen molar-refractivity contribution in [2.45, 2.75) is 12.4 Å². The van der Waals surface area contributed by atoms with Crippen LogP contribution in [0.2, 0.25) is 0 Å². The molecule has 0 aliphatic rings. The molecule has 6 rings (SSSR count). The molecule has 0 saturated heterocycles. The second-order valence-electron chi connectivity index (χ2n) is 8.63. The maximum atomic E-state index is 12.5. The second-order valence-corrected chi connectivity index (χ2v) is 8.63. The zero-order valence-corrected chi connectivity index (χ0v) is 25.4. The standard InChI is InChI=1S/2C15H9F3N2.2ClH.Ir/c2*16-15(17,18)11-7-5-10(6-8-11)14-12-3-1-2-4-13(12)19-9-20-14;;;/h2*1-9H;2*1H;/p-2. The summed E-state index contributed by atoms with van der Waals surface area (Å²) in [4.78, 5) is 16.6. The van der Waals surface area contributed by atoms with Gasteiger partial charge in [0.1, 0.15) is 12.7 Å². The molecule has 4 nitrogen and oxygen atoms in total. The smallest absolute Gasteiger partial charge is 0.416 e. The van der Waals surface area contributed by atoms with Gasteiger partial charge in [-0.1, -0.05) is 60.7 Å². The van der Waals surface area contributed by atoms with Gasteiger partial charge in [-0.15, -0.1) is 0 Å². The van der Waals surface area contributed by atoms with E-state index in [1.807, 2.05) is 48.5 Å². The van der Waals surface area contributed by atoms with Gasteiger partial charge in [0.25, 0.3) is 0 Å². The van der Waals surface area contributed by atoms with Crippen LogP contribution in [-0.4, -0.2) is 19.9 Å². The summed E-state index contributed by atoms with van der Waals surface area (Å²) in [5, 5.41) is 1.63. The molecule has 0 aliphatic carbocycles. The Balaban J connectivity index is 0.000000281. The van der Waals surface area contributed by atoms with Crippen molar-refractivity contribution in [3.8, 4) is 22.5 Å². The van der Waals surface area contributed by atoms with Gasteiger partial charge in [0.2, 0.25) is 0 Å². The van der Waals surface area contributed by atoms with Crippen LogP contribution in [0.15, 0.2) is 110 Å². The minimum absolute atomic E-state index is 0. The van der Waals surface area contributed by atoms with Crippen molar-refractivity contribution < 1.29 is 71.3 Å². The summed E-state index contributed by atoms with van der Waals surface area (Å²) < 4.78 is 75.3. The topological polar surface area (TPSA) is 51.6 Å². The monoisotopic (exact) mass is 811 g/mol. The Kier molecular flexibility index (Phi) is 12.2. The van der Waals surface area contributed by atoms with Crippen molar-refractivity contribution in [3.63, 3.8) is 0 Å². The average molecular weight is 812 g/mol. The van der Waals surface area contributed by atoms with Crippen LogP contribution in [0.1, 0.15) is 11.1 Å². The van der Waals surface area contributed by atoms with Gasteiger partial charge in [-0.25, -0.2) is 19.9 Å². The van der Waals surface area contributed by atoms with Crippen molar-refractivity contribution in [3.05, 3.63) is 121 Å². The summed E-state index contributed by atoms with van der Waals surface area (Å²) in [5.41, 5.74) is 2.72. The maximum absolute atomic E-state index is 12.5. The molecular formula is C30H18Cl2F6IrN4-2. The van der Waals surface area contributed by atoms with Crippen LogP contribution in [0, 0.1) is 0 Å². The van der Waals surface area contributed by atoms with Crippen LogP contribution in [-0.2, 0) is 32.5 Å². The number of hydrogen-bond donors (Lipinski definition) is 0. The van der Waals surface area contributed by atoms with Gasteiger partial charge in [-0.2, -0.15) is 26.3 Å². The van der Waals surface area contributed by atoms with Crippen LogP contribution < -0.4 is 24.8 Å². The quantitative estimate of drug-likeness (QED) is 0.253. The number of alkyl halides is 6. The first-order chi connectivity index (χ1) is 19.1. The molecule has 13 heteroatoms. The van der Waals surface area contributed by atoms with Crippen molar-refractivity contribution in [1.82, 2.24) is 19.9 Å². The predicted octanol–water partition coefficient (Wildman–Crippen LogP) is 2.64. The first-order valence-corrected chi connectivity index (χ1v) is 11.9.